The molecule has 0 radical (unpaired) electrons. The van der Waals surface area contributed by atoms with Crippen molar-refractivity contribution in [2.75, 3.05) is 7.11 Å². The van der Waals surface area contributed by atoms with Crippen molar-refractivity contribution >= 4 is 10.8 Å². The summed E-state index contributed by atoms with van der Waals surface area (Å²) in [5.74, 6) is 1.49. The van der Waals surface area contributed by atoms with Gasteiger partial charge >= 0.3 is 0 Å². The first-order chi connectivity index (χ1) is 7.20. The van der Waals surface area contributed by atoms with E-state index in [0.717, 1.165) is 5.75 Å². The highest BCUT2D eigenvalue weighted by atomic mass is 16.5. The molecule has 0 aliphatic carbocycles. The number of ether oxygens (including phenoxy) is 1. The molecule has 0 N–H and O–H groups in total. The Morgan fingerprint density at radius 1 is 0.933 bits per heavy atom. The summed E-state index contributed by atoms with van der Waals surface area (Å²) in [7, 11) is 1.70. The fourth-order valence-corrected chi connectivity index (χ4v) is 1.73. The second kappa shape index (κ2) is 3.93. The summed E-state index contributed by atoms with van der Waals surface area (Å²) in [6, 6.07) is 12.8. The van der Waals surface area contributed by atoms with Crippen molar-refractivity contribution < 1.29 is 4.74 Å². The average molecular weight is 200 g/mol. The van der Waals surface area contributed by atoms with Gasteiger partial charge in [-0.25, -0.2) is 0 Å². The van der Waals surface area contributed by atoms with Crippen LogP contribution in [0.25, 0.3) is 10.8 Å². The molecule has 0 amide bonds. The molecule has 1 nitrogen and oxygen atoms in total. The summed E-state index contributed by atoms with van der Waals surface area (Å²) in [4.78, 5) is 0. The van der Waals surface area contributed by atoms with E-state index in [4.69, 9.17) is 4.74 Å². The van der Waals surface area contributed by atoms with Gasteiger partial charge in [0.1, 0.15) is 5.75 Å². The van der Waals surface area contributed by atoms with E-state index < -0.39 is 0 Å². The first-order valence-corrected chi connectivity index (χ1v) is 5.28. The zero-order valence-electron chi connectivity index (χ0n) is 9.45. The van der Waals surface area contributed by atoms with Crippen LogP contribution in [0.2, 0.25) is 0 Å². The lowest BCUT2D eigenvalue weighted by atomic mass is 9.99. The van der Waals surface area contributed by atoms with Crippen LogP contribution in [-0.2, 0) is 0 Å². The Hall–Kier alpha value is -1.50. The van der Waals surface area contributed by atoms with Crippen LogP contribution in [0, 0.1) is 0 Å². The van der Waals surface area contributed by atoms with Crippen LogP contribution < -0.4 is 4.74 Å². The van der Waals surface area contributed by atoms with Crippen molar-refractivity contribution in [1.82, 2.24) is 0 Å². The molecule has 0 saturated carbocycles. The summed E-state index contributed by atoms with van der Waals surface area (Å²) in [6.45, 7) is 4.42. The molecule has 0 bridgehead atoms. The van der Waals surface area contributed by atoms with E-state index >= 15 is 0 Å². The van der Waals surface area contributed by atoms with Crippen molar-refractivity contribution in [2.24, 2.45) is 0 Å². The maximum Gasteiger partial charge on any atom is 0.119 e. The standard InChI is InChI=1S/C14H16O/c1-10(2)12-5-4-11-6-7-14(15-3)9-13(11)8-12/h4-10H,1-3H3. The molecule has 2 rings (SSSR count). The number of rotatable bonds is 2. The molecule has 1 heteroatoms. The molecule has 0 saturated heterocycles. The fraction of sp³-hybridized carbons (Fsp3) is 0.286. The molecule has 0 spiro atoms. The SMILES string of the molecule is COc1ccc2ccc(C(C)C)cc2c1. The molecule has 15 heavy (non-hydrogen) atoms. The molecule has 0 unspecified atom stereocenters. The smallest absolute Gasteiger partial charge is 0.119 e. The van der Waals surface area contributed by atoms with E-state index in [-0.39, 0.29) is 0 Å². The van der Waals surface area contributed by atoms with Gasteiger partial charge in [-0.05, 0) is 34.4 Å². The predicted molar refractivity (Wildman–Crippen MR) is 64.6 cm³/mol. The van der Waals surface area contributed by atoms with Gasteiger partial charge in [0, 0.05) is 0 Å². The Morgan fingerprint density at radius 2 is 1.67 bits per heavy atom. The van der Waals surface area contributed by atoms with Crippen LogP contribution in [-0.4, -0.2) is 7.11 Å². The first-order valence-electron chi connectivity index (χ1n) is 5.28. The van der Waals surface area contributed by atoms with Gasteiger partial charge in [0.05, 0.1) is 7.11 Å². The number of methoxy groups -OCH3 is 1. The predicted octanol–water partition coefficient (Wildman–Crippen LogP) is 3.97. The quantitative estimate of drug-likeness (QED) is 0.712. The Morgan fingerprint density at radius 3 is 2.33 bits per heavy atom. The minimum absolute atomic E-state index is 0.570. The molecule has 0 heterocycles. The van der Waals surface area contributed by atoms with E-state index in [1.807, 2.05) is 6.07 Å². The van der Waals surface area contributed by atoms with Crippen LogP contribution in [0.3, 0.4) is 0 Å². The number of hydrogen-bond donors (Lipinski definition) is 0. The van der Waals surface area contributed by atoms with Crippen molar-refractivity contribution in [3.8, 4) is 5.75 Å². The van der Waals surface area contributed by atoms with Crippen molar-refractivity contribution in [2.45, 2.75) is 19.8 Å². The van der Waals surface area contributed by atoms with E-state index in [1.165, 1.54) is 16.3 Å². The van der Waals surface area contributed by atoms with Crippen LogP contribution in [0.5, 0.6) is 5.75 Å². The van der Waals surface area contributed by atoms with Gasteiger partial charge in [-0.3, -0.25) is 0 Å². The number of benzene rings is 2. The Balaban J connectivity index is 2.57. The lowest BCUT2D eigenvalue weighted by Crippen LogP contribution is -1.87. The van der Waals surface area contributed by atoms with Crippen LogP contribution >= 0.6 is 0 Å². The lowest BCUT2D eigenvalue weighted by Gasteiger charge is -2.08. The summed E-state index contributed by atoms with van der Waals surface area (Å²) < 4.78 is 5.22. The Labute approximate surface area is 90.7 Å². The molecule has 0 fully saturated rings. The van der Waals surface area contributed by atoms with Gasteiger partial charge in [-0.15, -0.1) is 0 Å². The van der Waals surface area contributed by atoms with E-state index in [2.05, 4.69) is 44.2 Å². The highest BCUT2D eigenvalue weighted by Gasteiger charge is 2.01. The highest BCUT2D eigenvalue weighted by Crippen LogP contribution is 2.24. The monoisotopic (exact) mass is 200 g/mol. The van der Waals surface area contributed by atoms with Gasteiger partial charge in [-0.1, -0.05) is 38.1 Å². The zero-order valence-corrected chi connectivity index (χ0v) is 9.45. The summed E-state index contributed by atoms with van der Waals surface area (Å²) in [5, 5.41) is 2.51. The summed E-state index contributed by atoms with van der Waals surface area (Å²) in [6.07, 6.45) is 0. The fourth-order valence-electron chi connectivity index (χ4n) is 1.73. The van der Waals surface area contributed by atoms with E-state index in [9.17, 15) is 0 Å². The lowest BCUT2D eigenvalue weighted by molar-refractivity contribution is 0.415. The minimum Gasteiger partial charge on any atom is -0.497 e. The molecule has 0 aliphatic rings. The Bertz CT molecular complexity index is 472. The van der Waals surface area contributed by atoms with E-state index in [0.29, 0.717) is 5.92 Å². The maximum absolute atomic E-state index is 5.22. The van der Waals surface area contributed by atoms with Crippen LogP contribution in [0.15, 0.2) is 36.4 Å². The second-order valence-electron chi connectivity index (χ2n) is 4.13. The topological polar surface area (TPSA) is 9.23 Å². The molecular weight excluding hydrogens is 184 g/mol. The highest BCUT2D eigenvalue weighted by molar-refractivity contribution is 5.84. The second-order valence-corrected chi connectivity index (χ2v) is 4.13. The molecule has 0 aromatic heterocycles. The van der Waals surface area contributed by atoms with Crippen molar-refractivity contribution in [1.29, 1.82) is 0 Å². The first kappa shape index (κ1) is 10.0. The molecule has 2 aromatic carbocycles. The third-order valence-electron chi connectivity index (χ3n) is 2.74. The molecule has 78 valence electrons. The normalized spacial score (nSPS) is 10.9. The minimum atomic E-state index is 0.570. The largest absolute Gasteiger partial charge is 0.497 e. The molecule has 0 aliphatic heterocycles. The van der Waals surface area contributed by atoms with Crippen molar-refractivity contribution in [3.63, 3.8) is 0 Å². The molecular formula is C14H16O. The van der Waals surface area contributed by atoms with Gasteiger partial charge in [0.25, 0.3) is 0 Å². The average Bonchev–Trinajstić information content (AvgIpc) is 2.27. The third-order valence-corrected chi connectivity index (χ3v) is 2.74. The number of fused-ring (bicyclic) bond motifs is 1. The molecule has 0 atom stereocenters. The Kier molecular flexibility index (Phi) is 2.63. The van der Waals surface area contributed by atoms with Gasteiger partial charge in [0.15, 0.2) is 0 Å². The van der Waals surface area contributed by atoms with Crippen molar-refractivity contribution in [3.05, 3.63) is 42.0 Å². The number of hydrogen-bond acceptors (Lipinski definition) is 1. The van der Waals surface area contributed by atoms with Gasteiger partial charge in [-0.2, -0.15) is 0 Å². The van der Waals surface area contributed by atoms with Crippen LogP contribution in [0.4, 0.5) is 0 Å². The van der Waals surface area contributed by atoms with Crippen LogP contribution in [0.1, 0.15) is 25.3 Å². The van der Waals surface area contributed by atoms with Gasteiger partial charge < -0.3 is 4.74 Å². The van der Waals surface area contributed by atoms with E-state index in [1.54, 1.807) is 7.11 Å². The maximum atomic E-state index is 5.22. The summed E-state index contributed by atoms with van der Waals surface area (Å²) in [5.41, 5.74) is 1.37. The summed E-state index contributed by atoms with van der Waals surface area (Å²) >= 11 is 0. The zero-order chi connectivity index (χ0) is 10.8. The molecule has 2 aromatic rings. The third kappa shape index (κ3) is 1.96. The van der Waals surface area contributed by atoms with Gasteiger partial charge in [0.2, 0.25) is 0 Å².